The number of hydrogen-bond acceptors (Lipinski definition) is 2. The summed E-state index contributed by atoms with van der Waals surface area (Å²) in [6, 6.07) is 4.76. The lowest BCUT2D eigenvalue weighted by Gasteiger charge is -2.37. The van der Waals surface area contributed by atoms with Crippen LogP contribution in [-0.2, 0) is 5.60 Å². The van der Waals surface area contributed by atoms with E-state index in [1.807, 2.05) is 18.7 Å². The van der Waals surface area contributed by atoms with Gasteiger partial charge in [0.05, 0.1) is 5.60 Å². The largest absolute Gasteiger partial charge is 0.385 e. The number of thioether (sulfide) groups is 1. The Labute approximate surface area is 105 Å². The van der Waals surface area contributed by atoms with Crippen LogP contribution in [0.4, 0.5) is 4.39 Å². The molecule has 1 N–H and O–H groups in total. The molecule has 92 valence electrons. The molecule has 2 fully saturated rings. The zero-order valence-corrected chi connectivity index (χ0v) is 10.8. The van der Waals surface area contributed by atoms with E-state index in [0.29, 0.717) is 10.5 Å². The number of benzene rings is 1. The highest BCUT2D eigenvalue weighted by Crippen LogP contribution is 2.51. The van der Waals surface area contributed by atoms with Crippen LogP contribution in [0.2, 0.25) is 0 Å². The molecule has 2 unspecified atom stereocenters. The maximum Gasteiger partial charge on any atom is 0.123 e. The molecule has 0 spiro atoms. The lowest BCUT2D eigenvalue weighted by Crippen LogP contribution is -2.35. The van der Waals surface area contributed by atoms with E-state index in [9.17, 15) is 9.50 Å². The van der Waals surface area contributed by atoms with E-state index in [4.69, 9.17) is 0 Å². The summed E-state index contributed by atoms with van der Waals surface area (Å²) in [5.41, 5.74) is 0.999. The third-order valence-electron chi connectivity index (χ3n) is 4.03. The van der Waals surface area contributed by atoms with Crippen LogP contribution in [-0.4, -0.2) is 15.6 Å². The van der Waals surface area contributed by atoms with Gasteiger partial charge in [0, 0.05) is 10.5 Å². The first-order valence-corrected chi connectivity index (χ1v) is 7.15. The molecule has 2 aliphatic heterocycles. The second kappa shape index (κ2) is 3.99. The van der Waals surface area contributed by atoms with E-state index in [0.717, 1.165) is 24.0 Å². The molecular weight excluding hydrogens is 235 g/mol. The smallest absolute Gasteiger partial charge is 0.123 e. The first kappa shape index (κ1) is 11.5. The average molecular weight is 252 g/mol. The lowest BCUT2D eigenvalue weighted by molar-refractivity contribution is 0.0187. The van der Waals surface area contributed by atoms with Gasteiger partial charge < -0.3 is 5.11 Å². The summed E-state index contributed by atoms with van der Waals surface area (Å²) in [6.45, 7) is 1.95. The predicted molar refractivity (Wildman–Crippen MR) is 68.7 cm³/mol. The van der Waals surface area contributed by atoms with Crippen LogP contribution in [0, 0.1) is 12.7 Å². The first-order valence-electron chi connectivity index (χ1n) is 6.21. The first-order chi connectivity index (χ1) is 8.07. The van der Waals surface area contributed by atoms with Gasteiger partial charge >= 0.3 is 0 Å². The molecule has 0 radical (unpaired) electrons. The molecule has 2 aliphatic rings. The Bertz CT molecular complexity index is 434. The molecule has 3 heteroatoms. The van der Waals surface area contributed by atoms with Gasteiger partial charge in [0.1, 0.15) is 5.82 Å². The Hall–Kier alpha value is -0.540. The van der Waals surface area contributed by atoms with E-state index in [-0.39, 0.29) is 5.82 Å². The second-order valence-corrected chi connectivity index (χ2v) is 6.96. The summed E-state index contributed by atoms with van der Waals surface area (Å²) < 4.78 is 13.4. The van der Waals surface area contributed by atoms with Gasteiger partial charge in [0.2, 0.25) is 0 Å². The number of halogens is 1. The van der Waals surface area contributed by atoms with Crippen molar-refractivity contribution in [2.45, 2.75) is 48.7 Å². The third-order valence-corrected chi connectivity index (χ3v) is 5.60. The molecule has 0 saturated carbocycles. The molecule has 2 atom stereocenters. The molecule has 2 bridgehead atoms. The fourth-order valence-corrected chi connectivity index (χ4v) is 5.07. The highest BCUT2D eigenvalue weighted by Gasteiger charge is 2.44. The monoisotopic (exact) mass is 252 g/mol. The molecule has 2 heterocycles. The average Bonchev–Trinajstić information content (AvgIpc) is 2.62. The van der Waals surface area contributed by atoms with Gasteiger partial charge in [0.25, 0.3) is 0 Å². The Morgan fingerprint density at radius 2 is 1.94 bits per heavy atom. The third kappa shape index (κ3) is 2.00. The van der Waals surface area contributed by atoms with Crippen LogP contribution in [0.1, 0.15) is 36.8 Å². The molecule has 1 aromatic carbocycles. The van der Waals surface area contributed by atoms with Crippen molar-refractivity contribution < 1.29 is 9.50 Å². The van der Waals surface area contributed by atoms with Crippen molar-refractivity contribution in [3.63, 3.8) is 0 Å². The van der Waals surface area contributed by atoms with Gasteiger partial charge in [-0.15, -0.1) is 0 Å². The Kier molecular flexibility index (Phi) is 2.71. The van der Waals surface area contributed by atoms with Crippen molar-refractivity contribution in [2.75, 3.05) is 0 Å². The van der Waals surface area contributed by atoms with Gasteiger partial charge in [-0.1, -0.05) is 6.07 Å². The molecule has 3 rings (SSSR count). The molecule has 0 amide bonds. The quantitative estimate of drug-likeness (QED) is 0.827. The second-order valence-electron chi connectivity index (χ2n) is 5.36. The van der Waals surface area contributed by atoms with E-state index in [1.165, 1.54) is 25.0 Å². The van der Waals surface area contributed by atoms with E-state index in [1.54, 1.807) is 6.07 Å². The maximum atomic E-state index is 13.4. The molecular formula is C14H17FOS. The summed E-state index contributed by atoms with van der Waals surface area (Å²) >= 11 is 2.01. The van der Waals surface area contributed by atoms with Crippen LogP contribution in [0.3, 0.4) is 0 Å². The summed E-state index contributed by atoms with van der Waals surface area (Å²) in [6.07, 6.45) is 3.95. The molecule has 0 aliphatic carbocycles. The van der Waals surface area contributed by atoms with Crippen LogP contribution < -0.4 is 0 Å². The zero-order valence-electron chi connectivity index (χ0n) is 9.95. The van der Waals surface area contributed by atoms with Gasteiger partial charge in [-0.2, -0.15) is 11.8 Å². The molecule has 1 aromatic rings. The maximum absolute atomic E-state index is 13.4. The summed E-state index contributed by atoms with van der Waals surface area (Å²) in [5.74, 6) is -0.246. The van der Waals surface area contributed by atoms with Crippen LogP contribution in [0.5, 0.6) is 0 Å². The van der Waals surface area contributed by atoms with Crippen LogP contribution >= 0.6 is 11.8 Å². The summed E-state index contributed by atoms with van der Waals surface area (Å²) in [4.78, 5) is 0. The van der Waals surface area contributed by atoms with Gasteiger partial charge in [-0.25, -0.2) is 4.39 Å². The number of fused-ring (bicyclic) bond motifs is 2. The minimum absolute atomic E-state index is 0.246. The molecule has 1 nitrogen and oxygen atoms in total. The summed E-state index contributed by atoms with van der Waals surface area (Å²) in [5, 5.41) is 12.0. The van der Waals surface area contributed by atoms with Crippen molar-refractivity contribution in [2.24, 2.45) is 0 Å². The fourth-order valence-electron chi connectivity index (χ4n) is 3.23. The van der Waals surface area contributed by atoms with Crippen LogP contribution in [0.15, 0.2) is 18.2 Å². The predicted octanol–water partition coefficient (Wildman–Crippen LogP) is 3.38. The number of aliphatic hydroxyl groups is 1. The van der Waals surface area contributed by atoms with Crippen molar-refractivity contribution >= 4 is 11.8 Å². The zero-order chi connectivity index (χ0) is 12.0. The van der Waals surface area contributed by atoms with E-state index in [2.05, 4.69) is 0 Å². The number of rotatable bonds is 1. The summed E-state index contributed by atoms with van der Waals surface area (Å²) in [7, 11) is 0. The van der Waals surface area contributed by atoms with Crippen LogP contribution in [0.25, 0.3) is 0 Å². The Morgan fingerprint density at radius 3 is 2.59 bits per heavy atom. The van der Waals surface area contributed by atoms with Crippen molar-refractivity contribution in [1.29, 1.82) is 0 Å². The van der Waals surface area contributed by atoms with Crippen molar-refractivity contribution in [1.82, 2.24) is 0 Å². The van der Waals surface area contributed by atoms with Gasteiger partial charge in [-0.05, 0) is 55.9 Å². The molecule has 17 heavy (non-hydrogen) atoms. The standard InChI is InChI=1S/C14H17FOS/c1-9-2-3-10(15)6-13(9)14(16)7-11-4-5-12(8-14)17-11/h2-3,6,11-12,16H,4-5,7-8H2,1H3. The fraction of sp³-hybridized carbons (Fsp3) is 0.571. The Morgan fingerprint density at radius 1 is 1.29 bits per heavy atom. The highest BCUT2D eigenvalue weighted by molar-refractivity contribution is 8.00. The normalized spacial score (nSPS) is 36.2. The van der Waals surface area contributed by atoms with E-state index >= 15 is 0 Å². The van der Waals surface area contributed by atoms with E-state index < -0.39 is 5.60 Å². The van der Waals surface area contributed by atoms with Gasteiger partial charge in [0.15, 0.2) is 0 Å². The SMILES string of the molecule is Cc1ccc(F)cc1C1(O)CC2CCC(C1)S2. The molecule has 0 aromatic heterocycles. The Balaban J connectivity index is 1.99. The highest BCUT2D eigenvalue weighted by atomic mass is 32.2. The number of hydrogen-bond donors (Lipinski definition) is 1. The molecule has 2 saturated heterocycles. The minimum atomic E-state index is -0.802. The van der Waals surface area contributed by atoms with Gasteiger partial charge in [-0.3, -0.25) is 0 Å². The lowest BCUT2D eigenvalue weighted by atomic mass is 9.83. The van der Waals surface area contributed by atoms with Crippen molar-refractivity contribution in [3.8, 4) is 0 Å². The minimum Gasteiger partial charge on any atom is -0.385 e. The topological polar surface area (TPSA) is 20.2 Å². The van der Waals surface area contributed by atoms with Crippen molar-refractivity contribution in [3.05, 3.63) is 35.1 Å². The number of aryl methyl sites for hydroxylation is 1.